The van der Waals surface area contributed by atoms with Gasteiger partial charge in [-0.2, -0.15) is 0 Å². The van der Waals surface area contributed by atoms with Crippen LogP contribution < -0.4 is 0 Å². The zero-order chi connectivity index (χ0) is 43.4. The van der Waals surface area contributed by atoms with Gasteiger partial charge in [-0.05, 0) is 35.2 Å². The molecule has 0 spiro atoms. The van der Waals surface area contributed by atoms with Crippen molar-refractivity contribution in [3.8, 4) is 51.0 Å². The molecule has 0 atom stereocenters. The van der Waals surface area contributed by atoms with Gasteiger partial charge >= 0.3 is 0 Å². The van der Waals surface area contributed by atoms with Crippen LogP contribution in [0.25, 0.3) is 105 Å². The molecular weight excluding hydrogens is 661 g/mol. The molecule has 5 nitrogen and oxygen atoms in total. The van der Waals surface area contributed by atoms with E-state index >= 15 is 0 Å². The van der Waals surface area contributed by atoms with Crippen LogP contribution in [-0.4, -0.2) is 19.5 Å². The van der Waals surface area contributed by atoms with E-state index in [1.165, 1.54) is 6.07 Å². The molecular formula is C49H30N4O. The highest BCUT2D eigenvalue weighted by Crippen LogP contribution is 2.42. The van der Waals surface area contributed by atoms with Crippen molar-refractivity contribution in [2.45, 2.75) is 0 Å². The van der Waals surface area contributed by atoms with Gasteiger partial charge in [0.15, 0.2) is 17.5 Å². The van der Waals surface area contributed by atoms with Gasteiger partial charge in [-0.3, -0.25) is 0 Å². The fraction of sp³-hybridized carbons (Fsp3) is 0. The SMILES string of the molecule is [2H]c1cc([2H])c2c(c1[2H])c1c([2H])c([2H])c3c([2H])c([2H])c([2H])c([2H])c3c1n2-c1ccc(-c2cccc3c2oc2ccccc23)cc1-c1nc(-c2ccccc2)nc(-c2ccccc2)n1. The summed E-state index contributed by atoms with van der Waals surface area (Å²) < 4.78 is 89.4. The van der Waals surface area contributed by atoms with Crippen molar-refractivity contribution < 1.29 is 16.8 Å². The number of hydrogen-bond acceptors (Lipinski definition) is 4. The lowest BCUT2D eigenvalue weighted by molar-refractivity contribution is 0.670. The molecule has 0 aliphatic rings. The number of benzene rings is 8. The average Bonchev–Trinajstić information content (AvgIpc) is 3.88. The van der Waals surface area contributed by atoms with Crippen LogP contribution in [0.3, 0.4) is 0 Å². The molecule has 3 aromatic heterocycles. The van der Waals surface area contributed by atoms with Crippen molar-refractivity contribution in [2.24, 2.45) is 0 Å². The Morgan fingerprint density at radius 2 is 1.17 bits per heavy atom. The maximum Gasteiger partial charge on any atom is 0.166 e. The average molecular weight is 700 g/mol. The first-order valence-electron chi connectivity index (χ1n) is 21.9. The van der Waals surface area contributed by atoms with Crippen LogP contribution in [0.2, 0.25) is 0 Å². The van der Waals surface area contributed by atoms with Crippen LogP contribution in [0, 0.1) is 0 Å². The Labute approximate surface area is 323 Å². The van der Waals surface area contributed by atoms with Gasteiger partial charge in [-0.15, -0.1) is 0 Å². The highest BCUT2D eigenvalue weighted by molar-refractivity contribution is 6.19. The number of fused-ring (bicyclic) bond motifs is 8. The van der Waals surface area contributed by atoms with Gasteiger partial charge in [0.2, 0.25) is 0 Å². The van der Waals surface area contributed by atoms with E-state index in [0.717, 1.165) is 33.0 Å². The summed E-state index contributed by atoms with van der Waals surface area (Å²) in [5.41, 5.74) is 5.23. The van der Waals surface area contributed by atoms with Crippen molar-refractivity contribution in [3.05, 3.63) is 182 Å². The van der Waals surface area contributed by atoms with E-state index in [9.17, 15) is 5.48 Å². The van der Waals surface area contributed by atoms with Gasteiger partial charge in [-0.1, -0.05) is 158 Å². The molecule has 0 radical (unpaired) electrons. The van der Waals surface area contributed by atoms with Gasteiger partial charge in [0.05, 0.1) is 29.1 Å². The number of nitrogens with zero attached hydrogens (tertiary/aromatic N) is 4. The minimum Gasteiger partial charge on any atom is -0.455 e. The third-order valence-corrected chi connectivity index (χ3v) is 9.78. The Balaban J connectivity index is 1.34. The summed E-state index contributed by atoms with van der Waals surface area (Å²) in [6, 6.07) is 35.8. The van der Waals surface area contributed by atoms with Crippen LogP contribution in [0.4, 0.5) is 0 Å². The third-order valence-electron chi connectivity index (χ3n) is 9.78. The molecule has 252 valence electrons. The lowest BCUT2D eigenvalue weighted by Crippen LogP contribution is -2.04. The number of para-hydroxylation sites is 3. The van der Waals surface area contributed by atoms with E-state index < -0.39 is 36.3 Å². The molecule has 0 fully saturated rings. The molecule has 11 aromatic rings. The van der Waals surface area contributed by atoms with Gasteiger partial charge < -0.3 is 8.98 Å². The Kier molecular flexibility index (Phi) is 5.06. The quantitative estimate of drug-likeness (QED) is 0.179. The Morgan fingerprint density at radius 1 is 0.463 bits per heavy atom. The van der Waals surface area contributed by atoms with Gasteiger partial charge in [-0.25, -0.2) is 15.0 Å². The van der Waals surface area contributed by atoms with Crippen LogP contribution in [0.1, 0.15) is 12.3 Å². The van der Waals surface area contributed by atoms with Crippen molar-refractivity contribution in [1.29, 1.82) is 0 Å². The second-order valence-corrected chi connectivity index (χ2v) is 12.9. The molecule has 0 bridgehead atoms. The topological polar surface area (TPSA) is 56.7 Å². The second kappa shape index (κ2) is 12.1. The summed E-state index contributed by atoms with van der Waals surface area (Å²) in [7, 11) is 0. The Hall–Kier alpha value is -7.37. The summed E-state index contributed by atoms with van der Waals surface area (Å²) in [6.07, 6.45) is 0. The monoisotopic (exact) mass is 699 g/mol. The zero-order valence-corrected chi connectivity index (χ0v) is 28.3. The lowest BCUT2D eigenvalue weighted by atomic mass is 9.98. The van der Waals surface area contributed by atoms with Crippen molar-refractivity contribution in [2.75, 3.05) is 0 Å². The maximum atomic E-state index is 9.39. The highest BCUT2D eigenvalue weighted by Gasteiger charge is 2.22. The molecule has 0 aliphatic heterocycles. The molecule has 0 aliphatic carbocycles. The summed E-state index contributed by atoms with van der Waals surface area (Å²) in [5, 5.41) is 1.66. The summed E-state index contributed by atoms with van der Waals surface area (Å²) in [4.78, 5) is 15.1. The number of aromatic nitrogens is 4. The Bertz CT molecular complexity index is 3680. The minimum absolute atomic E-state index is 0.00722. The van der Waals surface area contributed by atoms with E-state index in [1.54, 1.807) is 10.6 Å². The third kappa shape index (κ3) is 4.76. The minimum atomic E-state index is -0.560. The van der Waals surface area contributed by atoms with Crippen molar-refractivity contribution in [1.82, 2.24) is 19.5 Å². The fourth-order valence-corrected chi connectivity index (χ4v) is 7.33. The van der Waals surface area contributed by atoms with E-state index in [2.05, 4.69) is 0 Å². The molecule has 0 N–H and O–H groups in total. The lowest BCUT2D eigenvalue weighted by Gasteiger charge is -2.17. The summed E-state index contributed by atoms with van der Waals surface area (Å²) in [6.45, 7) is 0. The van der Waals surface area contributed by atoms with Gasteiger partial charge in [0.25, 0.3) is 0 Å². The molecule has 0 saturated heterocycles. The van der Waals surface area contributed by atoms with E-state index in [0.29, 0.717) is 34.0 Å². The van der Waals surface area contributed by atoms with Crippen LogP contribution in [-0.2, 0) is 0 Å². The molecule has 0 saturated carbocycles. The molecule has 11 rings (SSSR count). The normalized spacial score (nSPS) is 14.0. The standard InChI is InChI=1S/C49H30N4O/c1-3-15-32(16-4-1)47-50-48(33-17-5-2-6-18-33)52-49(51-47)41-30-34(36-22-13-23-40-38-21-10-12-25-44(38)54-46(36)40)27-29-43(41)53-42-24-11-9-20-37(42)39-28-26-31-14-7-8-19-35(31)45(39)53/h1-30H/i7D,8D,9D,14D,19D,20D,24D,26D,28D. The van der Waals surface area contributed by atoms with E-state index in [4.69, 9.17) is 26.2 Å². The predicted molar refractivity (Wildman–Crippen MR) is 221 cm³/mol. The second-order valence-electron chi connectivity index (χ2n) is 12.9. The first-order chi connectivity index (χ1) is 30.5. The molecule has 8 aromatic carbocycles. The maximum absolute atomic E-state index is 9.39. The number of rotatable bonds is 5. The predicted octanol–water partition coefficient (Wildman–Crippen LogP) is 12.7. The van der Waals surface area contributed by atoms with Crippen LogP contribution >= 0.6 is 0 Å². The zero-order valence-electron chi connectivity index (χ0n) is 37.3. The number of furan rings is 1. The molecule has 3 heterocycles. The van der Waals surface area contributed by atoms with Crippen LogP contribution in [0.15, 0.2) is 186 Å². The fourth-order valence-electron chi connectivity index (χ4n) is 7.33. The first kappa shape index (κ1) is 22.5. The summed E-state index contributed by atoms with van der Waals surface area (Å²) >= 11 is 0. The number of hydrogen-bond donors (Lipinski definition) is 0. The first-order valence-corrected chi connectivity index (χ1v) is 17.4. The molecule has 0 amide bonds. The molecule has 54 heavy (non-hydrogen) atoms. The van der Waals surface area contributed by atoms with Crippen LogP contribution in [0.5, 0.6) is 0 Å². The highest BCUT2D eigenvalue weighted by atomic mass is 16.3. The molecule has 0 unspecified atom stereocenters. The van der Waals surface area contributed by atoms with Gasteiger partial charge in [0, 0.05) is 49.2 Å². The van der Waals surface area contributed by atoms with Crippen molar-refractivity contribution >= 4 is 54.5 Å². The summed E-state index contributed by atoms with van der Waals surface area (Å²) in [5.74, 6) is 0.964. The van der Waals surface area contributed by atoms with Gasteiger partial charge in [0.1, 0.15) is 11.2 Å². The van der Waals surface area contributed by atoms with E-state index in [-0.39, 0.29) is 56.5 Å². The Morgan fingerprint density at radius 3 is 1.98 bits per heavy atom. The van der Waals surface area contributed by atoms with Crippen molar-refractivity contribution in [3.63, 3.8) is 0 Å². The largest absolute Gasteiger partial charge is 0.455 e. The molecule has 5 heteroatoms. The van der Waals surface area contributed by atoms with E-state index in [1.807, 2.05) is 115 Å². The smallest absolute Gasteiger partial charge is 0.166 e.